The zero-order valence-corrected chi connectivity index (χ0v) is 13.1. The minimum atomic E-state index is 0.506. The Balaban J connectivity index is 2.18. The first-order valence-corrected chi connectivity index (χ1v) is 7.30. The van der Waals surface area contributed by atoms with Crippen LogP contribution in [0, 0.1) is 11.8 Å². The molecule has 0 amide bonds. The van der Waals surface area contributed by atoms with Gasteiger partial charge in [0.05, 0.1) is 24.7 Å². The van der Waals surface area contributed by atoms with Crippen molar-refractivity contribution in [3.8, 4) is 5.88 Å². The normalized spacial score (nSPS) is 11.3. The second-order valence-corrected chi connectivity index (χ2v) is 5.69. The van der Waals surface area contributed by atoms with Crippen molar-refractivity contribution in [2.75, 3.05) is 26.4 Å². The lowest BCUT2D eigenvalue weighted by Gasteiger charge is -2.09. The molecule has 0 aromatic carbocycles. The summed E-state index contributed by atoms with van der Waals surface area (Å²) in [6, 6.07) is 0. The molecule has 0 aliphatic rings. The van der Waals surface area contributed by atoms with Crippen LogP contribution >= 0.6 is 0 Å². The van der Waals surface area contributed by atoms with Gasteiger partial charge in [0.2, 0.25) is 5.88 Å². The highest BCUT2D eigenvalue weighted by Gasteiger charge is 2.00. The van der Waals surface area contributed by atoms with Gasteiger partial charge in [-0.2, -0.15) is 0 Å². The lowest BCUT2D eigenvalue weighted by atomic mass is 10.2. The summed E-state index contributed by atoms with van der Waals surface area (Å²) in [6.45, 7) is 12.2. The number of hydrogen-bond acceptors (Lipinski definition) is 5. The lowest BCUT2D eigenvalue weighted by Crippen LogP contribution is -2.19. The summed E-state index contributed by atoms with van der Waals surface area (Å²) in [5.41, 5.74) is 0.925. The van der Waals surface area contributed by atoms with Crippen molar-refractivity contribution in [1.82, 2.24) is 15.3 Å². The van der Waals surface area contributed by atoms with Gasteiger partial charge < -0.3 is 14.8 Å². The Morgan fingerprint density at radius 3 is 2.45 bits per heavy atom. The molecule has 5 nitrogen and oxygen atoms in total. The van der Waals surface area contributed by atoms with E-state index in [0.29, 0.717) is 30.9 Å². The summed E-state index contributed by atoms with van der Waals surface area (Å²) < 4.78 is 10.9. The number of aromatic nitrogens is 2. The molecule has 1 heterocycles. The standard InChI is InChI=1S/C15H27N3O2/c1-12(2)7-16-8-14-9-18-15(10-17-14)20-6-5-19-11-13(3)4/h9-10,12-13,16H,5-8,11H2,1-4H3. The van der Waals surface area contributed by atoms with E-state index >= 15 is 0 Å². The first kappa shape index (κ1) is 16.9. The Hall–Kier alpha value is -1.20. The third kappa shape index (κ3) is 8.07. The SMILES string of the molecule is CC(C)CNCc1cnc(OCCOCC(C)C)cn1. The van der Waals surface area contributed by atoms with Crippen molar-refractivity contribution in [1.29, 1.82) is 0 Å². The van der Waals surface area contributed by atoms with Gasteiger partial charge in [0, 0.05) is 13.2 Å². The number of nitrogens with zero attached hydrogens (tertiary/aromatic N) is 2. The molecule has 5 heteroatoms. The van der Waals surface area contributed by atoms with Gasteiger partial charge in [-0.1, -0.05) is 27.7 Å². The molecule has 0 aliphatic heterocycles. The summed E-state index contributed by atoms with van der Waals surface area (Å²) in [4.78, 5) is 8.54. The van der Waals surface area contributed by atoms with Crippen LogP contribution in [0.4, 0.5) is 0 Å². The third-order valence-corrected chi connectivity index (χ3v) is 2.47. The molecule has 0 unspecified atom stereocenters. The Labute approximate surface area is 122 Å². The molecule has 0 saturated heterocycles. The van der Waals surface area contributed by atoms with Gasteiger partial charge in [-0.15, -0.1) is 0 Å². The summed E-state index contributed by atoms with van der Waals surface area (Å²) in [6.07, 6.45) is 3.41. The van der Waals surface area contributed by atoms with E-state index in [1.54, 1.807) is 12.4 Å². The Kier molecular flexibility index (Phi) is 8.14. The Bertz CT molecular complexity index is 353. The predicted octanol–water partition coefficient (Wildman–Crippen LogP) is 2.27. The average Bonchev–Trinajstić information content (AvgIpc) is 2.39. The summed E-state index contributed by atoms with van der Waals surface area (Å²) >= 11 is 0. The smallest absolute Gasteiger partial charge is 0.232 e. The van der Waals surface area contributed by atoms with E-state index in [1.807, 2.05) is 0 Å². The van der Waals surface area contributed by atoms with Crippen LogP contribution in [0.25, 0.3) is 0 Å². The van der Waals surface area contributed by atoms with Gasteiger partial charge in [-0.05, 0) is 18.4 Å². The zero-order chi connectivity index (χ0) is 14.8. The third-order valence-electron chi connectivity index (χ3n) is 2.47. The first-order chi connectivity index (χ1) is 9.58. The molecule has 1 rings (SSSR count). The van der Waals surface area contributed by atoms with Crippen molar-refractivity contribution in [3.05, 3.63) is 18.1 Å². The average molecular weight is 281 g/mol. The molecule has 20 heavy (non-hydrogen) atoms. The van der Waals surface area contributed by atoms with E-state index in [-0.39, 0.29) is 0 Å². The summed E-state index contributed by atoms with van der Waals surface area (Å²) in [7, 11) is 0. The predicted molar refractivity (Wildman–Crippen MR) is 79.7 cm³/mol. The largest absolute Gasteiger partial charge is 0.474 e. The highest BCUT2D eigenvalue weighted by Crippen LogP contribution is 2.04. The molecule has 0 spiro atoms. The summed E-state index contributed by atoms with van der Waals surface area (Å²) in [5.74, 6) is 1.73. The van der Waals surface area contributed by atoms with E-state index in [2.05, 4.69) is 43.0 Å². The molecular weight excluding hydrogens is 254 g/mol. The van der Waals surface area contributed by atoms with E-state index in [9.17, 15) is 0 Å². The maximum absolute atomic E-state index is 5.47. The van der Waals surface area contributed by atoms with Gasteiger partial charge in [0.15, 0.2) is 0 Å². The van der Waals surface area contributed by atoms with Crippen LogP contribution in [0.15, 0.2) is 12.4 Å². The molecule has 0 aliphatic carbocycles. The molecule has 0 saturated carbocycles. The van der Waals surface area contributed by atoms with E-state index in [1.165, 1.54) is 0 Å². The van der Waals surface area contributed by atoms with Crippen LogP contribution in [0.1, 0.15) is 33.4 Å². The molecule has 0 bridgehead atoms. The zero-order valence-electron chi connectivity index (χ0n) is 13.1. The molecule has 1 N–H and O–H groups in total. The molecule has 1 aromatic rings. The highest BCUT2D eigenvalue weighted by molar-refractivity contribution is 5.07. The van der Waals surface area contributed by atoms with Crippen LogP contribution in [0.2, 0.25) is 0 Å². The van der Waals surface area contributed by atoms with E-state index in [0.717, 1.165) is 25.4 Å². The van der Waals surface area contributed by atoms with Crippen molar-refractivity contribution in [2.24, 2.45) is 11.8 Å². The quantitative estimate of drug-likeness (QED) is 0.667. The summed E-state index contributed by atoms with van der Waals surface area (Å²) in [5, 5.41) is 3.33. The van der Waals surface area contributed by atoms with Crippen molar-refractivity contribution >= 4 is 0 Å². The maximum Gasteiger partial charge on any atom is 0.232 e. The van der Waals surface area contributed by atoms with Crippen molar-refractivity contribution in [3.63, 3.8) is 0 Å². The molecule has 0 radical (unpaired) electrons. The van der Waals surface area contributed by atoms with E-state index in [4.69, 9.17) is 9.47 Å². The number of nitrogens with one attached hydrogen (secondary N) is 1. The highest BCUT2D eigenvalue weighted by atomic mass is 16.5. The van der Waals surface area contributed by atoms with Crippen LogP contribution in [0.3, 0.4) is 0 Å². The maximum atomic E-state index is 5.47. The van der Waals surface area contributed by atoms with Crippen molar-refractivity contribution in [2.45, 2.75) is 34.2 Å². The van der Waals surface area contributed by atoms with Crippen LogP contribution < -0.4 is 10.1 Å². The molecular formula is C15H27N3O2. The van der Waals surface area contributed by atoms with Gasteiger partial charge in [-0.25, -0.2) is 4.98 Å². The Morgan fingerprint density at radius 1 is 1.05 bits per heavy atom. The fourth-order valence-corrected chi connectivity index (χ4v) is 1.52. The van der Waals surface area contributed by atoms with Crippen LogP contribution in [-0.4, -0.2) is 36.3 Å². The Morgan fingerprint density at radius 2 is 1.85 bits per heavy atom. The van der Waals surface area contributed by atoms with Gasteiger partial charge in [0.1, 0.15) is 6.61 Å². The minimum Gasteiger partial charge on any atom is -0.474 e. The van der Waals surface area contributed by atoms with Crippen LogP contribution in [0.5, 0.6) is 5.88 Å². The first-order valence-electron chi connectivity index (χ1n) is 7.30. The van der Waals surface area contributed by atoms with E-state index < -0.39 is 0 Å². The second kappa shape index (κ2) is 9.66. The minimum absolute atomic E-state index is 0.506. The van der Waals surface area contributed by atoms with Crippen molar-refractivity contribution < 1.29 is 9.47 Å². The topological polar surface area (TPSA) is 56.3 Å². The van der Waals surface area contributed by atoms with Crippen LogP contribution in [-0.2, 0) is 11.3 Å². The van der Waals surface area contributed by atoms with Gasteiger partial charge in [0.25, 0.3) is 0 Å². The van der Waals surface area contributed by atoms with Gasteiger partial charge in [-0.3, -0.25) is 4.98 Å². The molecule has 0 fully saturated rings. The second-order valence-electron chi connectivity index (χ2n) is 5.69. The molecule has 1 aromatic heterocycles. The van der Waals surface area contributed by atoms with Gasteiger partial charge >= 0.3 is 0 Å². The fourth-order valence-electron chi connectivity index (χ4n) is 1.52. The number of hydrogen-bond donors (Lipinski definition) is 1. The lowest BCUT2D eigenvalue weighted by molar-refractivity contribution is 0.0805. The number of ether oxygens (including phenoxy) is 2. The monoisotopic (exact) mass is 281 g/mol. The molecule has 114 valence electrons. The number of rotatable bonds is 10. The fraction of sp³-hybridized carbons (Fsp3) is 0.733. The molecule has 0 atom stereocenters.